The minimum absolute atomic E-state index is 0.0600. The highest BCUT2D eigenvalue weighted by Gasteiger charge is 2.23. The van der Waals surface area contributed by atoms with Crippen molar-refractivity contribution in [1.82, 2.24) is 5.32 Å². The monoisotopic (exact) mass is 371 g/mol. The molecule has 0 aliphatic rings. The van der Waals surface area contributed by atoms with Gasteiger partial charge in [0.2, 0.25) is 0 Å². The maximum Gasteiger partial charge on any atom is 0.287 e. The summed E-state index contributed by atoms with van der Waals surface area (Å²) in [6, 6.07) is 16.2. The van der Waals surface area contributed by atoms with Crippen LogP contribution in [0.2, 0.25) is 5.02 Å². The maximum atomic E-state index is 10.8. The number of nitrogens with zero attached hydrogens (tertiary/aromatic N) is 1. The summed E-state index contributed by atoms with van der Waals surface area (Å²) in [6.07, 6.45) is 5.25. The predicted molar refractivity (Wildman–Crippen MR) is 102 cm³/mol. The van der Waals surface area contributed by atoms with E-state index in [0.29, 0.717) is 27.8 Å². The zero-order valence-corrected chi connectivity index (χ0v) is 14.8. The van der Waals surface area contributed by atoms with E-state index in [9.17, 15) is 5.11 Å². The number of rotatable bonds is 5. The third kappa shape index (κ3) is 4.26. The molecule has 126 valence electrons. The average Bonchev–Trinajstić information content (AvgIpc) is 3.15. The number of aromatic nitrogens is 1. The SMILES string of the molecule is O/C(=C(\C(=S)NCc1ccco1)[n+]1ccccc1)c1ccc(Cl)cc1. The summed E-state index contributed by atoms with van der Waals surface area (Å²) in [5.41, 5.74) is 1.10. The van der Waals surface area contributed by atoms with Gasteiger partial charge in [0, 0.05) is 22.7 Å². The quantitative estimate of drug-likeness (QED) is 0.305. The first kappa shape index (κ1) is 17.2. The van der Waals surface area contributed by atoms with E-state index >= 15 is 0 Å². The number of thiocarbonyl (C=S) groups is 1. The van der Waals surface area contributed by atoms with Gasteiger partial charge in [-0.15, -0.1) is 0 Å². The Balaban J connectivity index is 1.96. The van der Waals surface area contributed by atoms with Crippen molar-refractivity contribution in [2.75, 3.05) is 0 Å². The van der Waals surface area contributed by atoms with Gasteiger partial charge >= 0.3 is 0 Å². The molecule has 0 saturated heterocycles. The van der Waals surface area contributed by atoms with E-state index in [1.165, 1.54) is 0 Å². The largest absolute Gasteiger partial charge is 0.502 e. The van der Waals surface area contributed by atoms with Crippen LogP contribution in [0.1, 0.15) is 11.3 Å². The van der Waals surface area contributed by atoms with Crippen LogP contribution in [0, 0.1) is 0 Å². The number of pyridine rings is 1. The first-order valence-electron chi connectivity index (χ1n) is 7.61. The van der Waals surface area contributed by atoms with Gasteiger partial charge in [-0.3, -0.25) is 0 Å². The van der Waals surface area contributed by atoms with Crippen molar-refractivity contribution in [1.29, 1.82) is 0 Å². The molecule has 0 atom stereocenters. The highest BCUT2D eigenvalue weighted by Crippen LogP contribution is 2.19. The number of halogens is 1. The molecule has 0 fully saturated rings. The Kier molecular flexibility index (Phi) is 5.48. The number of hydrogen-bond donors (Lipinski definition) is 2. The molecule has 3 rings (SSSR count). The summed E-state index contributed by atoms with van der Waals surface area (Å²) in [5, 5.41) is 14.5. The minimum Gasteiger partial charge on any atom is -0.502 e. The van der Waals surface area contributed by atoms with Crippen LogP contribution in [-0.2, 0) is 6.54 Å². The number of nitrogens with one attached hydrogen (secondary N) is 1. The molecule has 0 amide bonds. The summed E-state index contributed by atoms with van der Waals surface area (Å²) in [5.74, 6) is 0.815. The molecular weight excluding hydrogens is 356 g/mol. The molecule has 6 heteroatoms. The third-order valence-corrected chi connectivity index (χ3v) is 4.12. The van der Waals surface area contributed by atoms with Gasteiger partial charge in [-0.25, -0.2) is 0 Å². The number of benzene rings is 1. The molecule has 0 unspecified atom stereocenters. The van der Waals surface area contributed by atoms with Crippen LogP contribution < -0.4 is 9.88 Å². The molecule has 2 N–H and O–H groups in total. The van der Waals surface area contributed by atoms with Crippen molar-refractivity contribution in [2.24, 2.45) is 0 Å². The first-order chi connectivity index (χ1) is 12.1. The van der Waals surface area contributed by atoms with Crippen LogP contribution >= 0.6 is 23.8 Å². The van der Waals surface area contributed by atoms with E-state index in [2.05, 4.69) is 5.32 Å². The number of aliphatic hydroxyl groups excluding tert-OH is 1. The Labute approximate surface area is 156 Å². The molecule has 0 bridgehead atoms. The van der Waals surface area contributed by atoms with Gasteiger partial charge in [-0.2, -0.15) is 4.57 Å². The van der Waals surface area contributed by atoms with Gasteiger partial charge in [0.15, 0.2) is 23.1 Å². The third-order valence-electron chi connectivity index (χ3n) is 3.53. The fraction of sp³-hybridized carbons (Fsp3) is 0.0526. The molecule has 25 heavy (non-hydrogen) atoms. The minimum atomic E-state index is 0.0600. The number of hydrogen-bond acceptors (Lipinski definition) is 3. The van der Waals surface area contributed by atoms with Gasteiger partial charge < -0.3 is 14.8 Å². The Hall–Kier alpha value is -2.63. The van der Waals surface area contributed by atoms with Gasteiger partial charge in [0.25, 0.3) is 5.70 Å². The van der Waals surface area contributed by atoms with Crippen LogP contribution in [-0.4, -0.2) is 10.1 Å². The van der Waals surface area contributed by atoms with Crippen molar-refractivity contribution in [3.8, 4) is 0 Å². The second kappa shape index (κ2) is 7.96. The van der Waals surface area contributed by atoms with Crippen molar-refractivity contribution in [3.63, 3.8) is 0 Å². The standard InChI is InChI=1S/C19H15ClN2O2S/c20-15-8-6-14(7-9-15)18(23)17(22-10-2-1-3-11-22)19(25)21-13-16-5-4-12-24-16/h1-12H,13H2,(H-,21,23,25)/p+1. The van der Waals surface area contributed by atoms with Crippen LogP contribution in [0.4, 0.5) is 0 Å². The van der Waals surface area contributed by atoms with Crippen LogP contribution in [0.5, 0.6) is 0 Å². The lowest BCUT2D eigenvalue weighted by molar-refractivity contribution is -0.576. The summed E-state index contributed by atoms with van der Waals surface area (Å²) in [6.45, 7) is 0.427. The van der Waals surface area contributed by atoms with E-state index in [1.54, 1.807) is 35.1 Å². The summed E-state index contributed by atoms with van der Waals surface area (Å²) >= 11 is 11.4. The molecule has 4 nitrogen and oxygen atoms in total. The molecular formula is C19H16ClN2O2S+. The maximum absolute atomic E-state index is 10.8. The summed E-state index contributed by atoms with van der Waals surface area (Å²) < 4.78 is 7.07. The van der Waals surface area contributed by atoms with Crippen molar-refractivity contribution in [2.45, 2.75) is 6.54 Å². The zero-order valence-electron chi connectivity index (χ0n) is 13.2. The number of furan rings is 1. The lowest BCUT2D eigenvalue weighted by Gasteiger charge is -2.09. The summed E-state index contributed by atoms with van der Waals surface area (Å²) in [4.78, 5) is 0.403. The van der Waals surface area contributed by atoms with Crippen molar-refractivity contribution < 1.29 is 14.1 Å². The Morgan fingerprint density at radius 1 is 1.08 bits per heavy atom. The van der Waals surface area contributed by atoms with Crippen LogP contribution in [0.15, 0.2) is 77.7 Å². The molecule has 3 aromatic rings. The van der Waals surface area contributed by atoms with Crippen LogP contribution in [0.3, 0.4) is 0 Å². The normalized spacial score (nSPS) is 11.7. The summed E-state index contributed by atoms with van der Waals surface area (Å²) in [7, 11) is 0. The lowest BCUT2D eigenvalue weighted by atomic mass is 10.1. The molecule has 0 spiro atoms. The van der Waals surface area contributed by atoms with E-state index < -0.39 is 0 Å². The molecule has 0 aliphatic carbocycles. The zero-order chi connectivity index (χ0) is 17.6. The highest BCUT2D eigenvalue weighted by atomic mass is 35.5. The second-order valence-electron chi connectivity index (χ2n) is 5.25. The van der Waals surface area contributed by atoms with E-state index in [-0.39, 0.29) is 5.76 Å². The average molecular weight is 372 g/mol. The van der Waals surface area contributed by atoms with E-state index in [0.717, 1.165) is 5.76 Å². The Bertz CT molecular complexity index is 876. The smallest absolute Gasteiger partial charge is 0.287 e. The van der Waals surface area contributed by atoms with E-state index in [1.807, 2.05) is 42.7 Å². The van der Waals surface area contributed by atoms with E-state index in [4.69, 9.17) is 28.2 Å². The molecule has 2 aromatic heterocycles. The Morgan fingerprint density at radius 3 is 2.44 bits per heavy atom. The molecule has 1 aromatic carbocycles. The topological polar surface area (TPSA) is 49.3 Å². The van der Waals surface area contributed by atoms with Gasteiger partial charge in [0.05, 0.1) is 12.8 Å². The Morgan fingerprint density at radius 2 is 1.80 bits per heavy atom. The molecule has 0 saturated carbocycles. The van der Waals surface area contributed by atoms with Crippen molar-refractivity contribution in [3.05, 3.63) is 89.6 Å². The van der Waals surface area contributed by atoms with Crippen LogP contribution in [0.25, 0.3) is 11.5 Å². The number of aliphatic hydroxyl groups is 1. The van der Waals surface area contributed by atoms with Crippen molar-refractivity contribution >= 4 is 40.3 Å². The fourth-order valence-electron chi connectivity index (χ4n) is 2.30. The molecule has 2 heterocycles. The highest BCUT2D eigenvalue weighted by molar-refractivity contribution is 7.81. The fourth-order valence-corrected chi connectivity index (χ4v) is 2.70. The van der Waals surface area contributed by atoms with Gasteiger partial charge in [-0.1, -0.05) is 29.9 Å². The molecule has 0 radical (unpaired) electrons. The van der Waals surface area contributed by atoms with Gasteiger partial charge in [-0.05, 0) is 36.4 Å². The molecule has 0 aliphatic heterocycles. The second-order valence-corrected chi connectivity index (χ2v) is 6.09. The van der Waals surface area contributed by atoms with Gasteiger partial charge in [0.1, 0.15) is 5.76 Å². The lowest BCUT2D eigenvalue weighted by Crippen LogP contribution is -2.40. The first-order valence-corrected chi connectivity index (χ1v) is 8.40. The predicted octanol–water partition coefficient (Wildman–Crippen LogP) is 4.22.